The van der Waals surface area contributed by atoms with E-state index in [2.05, 4.69) is 15.3 Å². The predicted molar refractivity (Wildman–Crippen MR) is 82.6 cm³/mol. The molecule has 1 amide bonds. The van der Waals surface area contributed by atoms with Gasteiger partial charge in [0.1, 0.15) is 12.4 Å². The second-order valence-electron chi connectivity index (χ2n) is 4.92. The number of pyridine rings is 1. The van der Waals surface area contributed by atoms with Crippen molar-refractivity contribution in [2.45, 2.75) is 12.7 Å². The van der Waals surface area contributed by atoms with Gasteiger partial charge in [0.05, 0.1) is 16.1 Å². The number of alkyl halides is 3. The minimum atomic E-state index is -4.67. The van der Waals surface area contributed by atoms with E-state index in [1.54, 1.807) is 12.1 Å². The summed E-state index contributed by atoms with van der Waals surface area (Å²) in [5, 5.41) is 2.81. The Hall–Kier alpha value is -2.61. The van der Waals surface area contributed by atoms with Gasteiger partial charge in [-0.25, -0.2) is 9.97 Å². The number of nitrogens with zero attached hydrogens (tertiary/aromatic N) is 3. The zero-order valence-corrected chi connectivity index (χ0v) is 12.8. The first-order valence-corrected chi connectivity index (χ1v) is 7.16. The average Bonchev–Trinajstić information content (AvgIpc) is 2.89. The van der Waals surface area contributed by atoms with Crippen LogP contribution in [0.25, 0.3) is 11.0 Å². The molecule has 5 nitrogen and oxygen atoms in total. The van der Waals surface area contributed by atoms with E-state index in [0.717, 1.165) is 4.57 Å². The predicted octanol–water partition coefficient (Wildman–Crippen LogP) is 3.74. The number of fused-ring (bicyclic) bond motifs is 1. The van der Waals surface area contributed by atoms with E-state index >= 15 is 0 Å². The largest absolute Gasteiger partial charge is 0.449 e. The Labute approximate surface area is 139 Å². The Morgan fingerprint density at radius 1 is 1.21 bits per heavy atom. The lowest BCUT2D eigenvalue weighted by Gasteiger charge is -2.11. The second kappa shape index (κ2) is 6.12. The van der Waals surface area contributed by atoms with Gasteiger partial charge in [-0.1, -0.05) is 23.7 Å². The van der Waals surface area contributed by atoms with Crippen LogP contribution in [0.3, 0.4) is 0 Å². The molecule has 0 unspecified atom stereocenters. The topological polar surface area (TPSA) is 59.8 Å². The average molecular weight is 355 g/mol. The number of rotatable bonds is 3. The molecule has 1 aromatic carbocycles. The fourth-order valence-electron chi connectivity index (χ4n) is 2.23. The van der Waals surface area contributed by atoms with Crippen LogP contribution in [-0.4, -0.2) is 20.4 Å². The molecule has 0 saturated carbocycles. The van der Waals surface area contributed by atoms with Gasteiger partial charge in [-0.3, -0.25) is 4.79 Å². The second-order valence-corrected chi connectivity index (χ2v) is 5.35. The minimum absolute atomic E-state index is 0.169. The smallest absolute Gasteiger partial charge is 0.311 e. The van der Waals surface area contributed by atoms with E-state index in [9.17, 15) is 18.0 Å². The van der Waals surface area contributed by atoms with Gasteiger partial charge >= 0.3 is 6.18 Å². The molecular weight excluding hydrogens is 345 g/mol. The van der Waals surface area contributed by atoms with Crippen LogP contribution in [0.5, 0.6) is 0 Å². The maximum atomic E-state index is 13.2. The first-order chi connectivity index (χ1) is 11.3. The lowest BCUT2D eigenvalue weighted by Crippen LogP contribution is -2.23. The number of carbonyl (C=O) groups excluding carboxylic acids is 1. The van der Waals surface area contributed by atoms with E-state index in [-0.39, 0.29) is 16.9 Å². The van der Waals surface area contributed by atoms with Crippen LogP contribution in [0.4, 0.5) is 19.0 Å². The van der Waals surface area contributed by atoms with Crippen molar-refractivity contribution < 1.29 is 18.0 Å². The summed E-state index contributed by atoms with van der Waals surface area (Å²) in [6.45, 7) is -0.542. The molecule has 1 N–H and O–H groups in total. The van der Waals surface area contributed by atoms with Crippen molar-refractivity contribution in [2.24, 2.45) is 0 Å². The van der Waals surface area contributed by atoms with Gasteiger partial charge in [0.15, 0.2) is 0 Å². The lowest BCUT2D eigenvalue weighted by molar-refractivity contribution is -0.147. The molecule has 24 heavy (non-hydrogen) atoms. The van der Waals surface area contributed by atoms with Crippen molar-refractivity contribution in [3.05, 3.63) is 53.4 Å². The van der Waals surface area contributed by atoms with Crippen molar-refractivity contribution >= 4 is 34.4 Å². The Morgan fingerprint density at radius 2 is 1.96 bits per heavy atom. The third kappa shape index (κ3) is 3.33. The highest BCUT2D eigenvalue weighted by atomic mass is 35.5. The van der Waals surface area contributed by atoms with Gasteiger partial charge in [-0.2, -0.15) is 13.2 Å². The summed E-state index contributed by atoms with van der Waals surface area (Å²) in [5.41, 5.74) is 0.395. The first kappa shape index (κ1) is 16.3. The maximum absolute atomic E-state index is 13.2. The summed E-state index contributed by atoms with van der Waals surface area (Å²) in [6, 6.07) is 9.07. The summed E-state index contributed by atoms with van der Waals surface area (Å²) in [4.78, 5) is 19.5. The molecule has 0 atom stereocenters. The van der Waals surface area contributed by atoms with Crippen molar-refractivity contribution in [3.8, 4) is 0 Å². The molecule has 0 fully saturated rings. The van der Waals surface area contributed by atoms with Crippen LogP contribution in [0.2, 0.25) is 5.02 Å². The van der Waals surface area contributed by atoms with Gasteiger partial charge in [0.2, 0.25) is 11.7 Å². The SMILES string of the molecule is O=C(Cn1c(C(F)(F)F)nc2ccccc21)Nc1ccc(Cl)cn1. The van der Waals surface area contributed by atoms with E-state index in [1.165, 1.54) is 30.5 Å². The van der Waals surface area contributed by atoms with Crippen molar-refractivity contribution in [1.29, 1.82) is 0 Å². The van der Waals surface area contributed by atoms with Crippen LogP contribution >= 0.6 is 11.6 Å². The number of benzene rings is 1. The number of nitrogens with one attached hydrogen (secondary N) is 1. The molecule has 2 heterocycles. The molecule has 0 radical (unpaired) electrons. The quantitative estimate of drug-likeness (QED) is 0.779. The normalized spacial score (nSPS) is 11.7. The summed E-state index contributed by atoms with van der Waals surface area (Å²) in [7, 11) is 0. The number of amides is 1. The van der Waals surface area contributed by atoms with Gasteiger partial charge in [-0.05, 0) is 24.3 Å². The number of hydrogen-bond donors (Lipinski definition) is 1. The third-order valence-electron chi connectivity index (χ3n) is 3.20. The molecule has 2 aromatic heterocycles. The number of hydrogen-bond acceptors (Lipinski definition) is 3. The van der Waals surface area contributed by atoms with E-state index in [1.807, 2.05) is 0 Å². The van der Waals surface area contributed by atoms with E-state index < -0.39 is 24.5 Å². The number of imidazole rings is 1. The number of halogens is 4. The number of para-hydroxylation sites is 2. The molecule has 9 heteroatoms. The maximum Gasteiger partial charge on any atom is 0.449 e. The fraction of sp³-hybridized carbons (Fsp3) is 0.133. The summed E-state index contributed by atoms with van der Waals surface area (Å²) < 4.78 is 40.3. The zero-order chi connectivity index (χ0) is 17.3. The number of carbonyl (C=O) groups is 1. The van der Waals surface area contributed by atoms with Crippen LogP contribution in [0.15, 0.2) is 42.6 Å². The highest BCUT2D eigenvalue weighted by molar-refractivity contribution is 6.30. The molecule has 0 spiro atoms. The van der Waals surface area contributed by atoms with Crippen molar-refractivity contribution in [1.82, 2.24) is 14.5 Å². The standard InChI is InChI=1S/C15H10ClF3N4O/c16-9-5-6-12(20-7-9)22-13(24)8-23-11-4-2-1-3-10(11)21-14(23)15(17,18)19/h1-7H,8H2,(H,20,22,24). The Balaban J connectivity index is 1.91. The van der Waals surface area contributed by atoms with Crippen molar-refractivity contribution in [3.63, 3.8) is 0 Å². The monoisotopic (exact) mass is 354 g/mol. The molecule has 3 aromatic rings. The molecule has 0 aliphatic heterocycles. The summed E-state index contributed by atoms with van der Waals surface area (Å²) in [6.07, 6.45) is -3.34. The van der Waals surface area contributed by atoms with E-state index in [4.69, 9.17) is 11.6 Å². The molecule has 0 saturated heterocycles. The molecule has 0 aliphatic carbocycles. The van der Waals surface area contributed by atoms with Crippen molar-refractivity contribution in [2.75, 3.05) is 5.32 Å². The van der Waals surface area contributed by atoms with Gasteiger partial charge < -0.3 is 9.88 Å². The van der Waals surface area contributed by atoms with Crippen LogP contribution < -0.4 is 5.32 Å². The Morgan fingerprint density at radius 3 is 2.62 bits per heavy atom. The van der Waals surface area contributed by atoms with Gasteiger partial charge in [-0.15, -0.1) is 0 Å². The van der Waals surface area contributed by atoms with Crippen LogP contribution in [-0.2, 0) is 17.5 Å². The zero-order valence-electron chi connectivity index (χ0n) is 12.0. The molecular formula is C15H10ClF3N4O. The first-order valence-electron chi connectivity index (χ1n) is 6.78. The minimum Gasteiger partial charge on any atom is -0.311 e. The molecule has 124 valence electrons. The van der Waals surface area contributed by atoms with E-state index in [0.29, 0.717) is 5.02 Å². The number of aromatic nitrogens is 3. The van der Waals surface area contributed by atoms with Gasteiger partial charge in [0, 0.05) is 6.20 Å². The third-order valence-corrected chi connectivity index (χ3v) is 3.43. The van der Waals surface area contributed by atoms with Crippen LogP contribution in [0.1, 0.15) is 5.82 Å². The fourth-order valence-corrected chi connectivity index (χ4v) is 2.34. The Kier molecular flexibility index (Phi) is 4.15. The number of anilines is 1. The summed E-state index contributed by atoms with van der Waals surface area (Å²) >= 11 is 5.69. The lowest BCUT2D eigenvalue weighted by atomic mass is 10.3. The highest BCUT2D eigenvalue weighted by Gasteiger charge is 2.37. The summed E-state index contributed by atoms with van der Waals surface area (Å²) in [5.74, 6) is -1.58. The van der Waals surface area contributed by atoms with Gasteiger partial charge in [0.25, 0.3) is 0 Å². The molecule has 3 rings (SSSR count). The Bertz CT molecular complexity index is 890. The molecule has 0 aliphatic rings. The van der Waals surface area contributed by atoms with Crippen LogP contribution in [0, 0.1) is 0 Å². The highest BCUT2D eigenvalue weighted by Crippen LogP contribution is 2.31. The molecule has 0 bridgehead atoms.